The van der Waals surface area contributed by atoms with E-state index in [4.69, 9.17) is 4.74 Å². The fourth-order valence-electron chi connectivity index (χ4n) is 3.77. The number of hydrogen-bond acceptors (Lipinski definition) is 3. The minimum atomic E-state index is 0.837. The van der Waals surface area contributed by atoms with Crippen molar-refractivity contribution in [3.05, 3.63) is 29.8 Å². The van der Waals surface area contributed by atoms with Gasteiger partial charge in [0, 0.05) is 13.1 Å². The number of ether oxygens (including phenoxy) is 1. The Morgan fingerprint density at radius 1 is 0.826 bits per heavy atom. The highest BCUT2D eigenvalue weighted by atomic mass is 16.5. The van der Waals surface area contributed by atoms with E-state index in [9.17, 15) is 0 Å². The Balaban J connectivity index is 1.38. The molecule has 0 aromatic heterocycles. The number of rotatable bonds is 7. The van der Waals surface area contributed by atoms with E-state index in [0.29, 0.717) is 0 Å². The van der Waals surface area contributed by atoms with Crippen LogP contribution in [0.3, 0.4) is 0 Å². The molecule has 1 aromatic rings. The summed E-state index contributed by atoms with van der Waals surface area (Å²) in [5, 5.41) is 0. The summed E-state index contributed by atoms with van der Waals surface area (Å²) in [6, 6.07) is 8.70. The Kier molecular flexibility index (Phi) is 6.78. The van der Waals surface area contributed by atoms with Crippen molar-refractivity contribution >= 4 is 0 Å². The van der Waals surface area contributed by atoms with E-state index in [1.54, 1.807) is 0 Å². The summed E-state index contributed by atoms with van der Waals surface area (Å²) in [7, 11) is 0. The maximum Gasteiger partial charge on any atom is 0.119 e. The van der Waals surface area contributed by atoms with Crippen molar-refractivity contribution in [2.45, 2.75) is 51.5 Å². The average Bonchev–Trinajstić information content (AvgIpc) is 2.61. The fraction of sp³-hybridized carbons (Fsp3) is 0.700. The Hall–Kier alpha value is -1.06. The highest BCUT2D eigenvalue weighted by Gasteiger charge is 2.11. The molecule has 3 nitrogen and oxygen atoms in total. The minimum absolute atomic E-state index is 0.837. The van der Waals surface area contributed by atoms with Gasteiger partial charge in [0.05, 0.1) is 6.61 Å². The third-order valence-electron chi connectivity index (χ3n) is 5.09. The summed E-state index contributed by atoms with van der Waals surface area (Å²) in [4.78, 5) is 5.15. The lowest BCUT2D eigenvalue weighted by Crippen LogP contribution is -2.31. The van der Waals surface area contributed by atoms with Gasteiger partial charge in [0.25, 0.3) is 0 Å². The molecule has 3 heteroatoms. The van der Waals surface area contributed by atoms with E-state index in [-0.39, 0.29) is 0 Å². The third kappa shape index (κ3) is 5.82. The monoisotopic (exact) mass is 316 g/mol. The van der Waals surface area contributed by atoms with Crippen molar-refractivity contribution in [1.29, 1.82) is 0 Å². The molecular weight excluding hydrogens is 284 g/mol. The molecule has 0 saturated carbocycles. The molecule has 0 N–H and O–H groups in total. The predicted octanol–water partition coefficient (Wildman–Crippen LogP) is 3.93. The molecular formula is C20H32N2O. The molecule has 0 aliphatic carbocycles. The van der Waals surface area contributed by atoms with Crippen LogP contribution in [0, 0.1) is 0 Å². The van der Waals surface area contributed by atoms with Crippen LogP contribution < -0.4 is 4.74 Å². The summed E-state index contributed by atoms with van der Waals surface area (Å²) < 4.78 is 5.98. The van der Waals surface area contributed by atoms with Crippen molar-refractivity contribution in [1.82, 2.24) is 9.80 Å². The highest BCUT2D eigenvalue weighted by Crippen LogP contribution is 2.18. The standard InChI is InChI=1S/C20H32N2O/c1-3-11-21(12-4-1)15-8-16-23-20-10-7-9-19(17-20)18-22-13-5-2-6-14-22/h7,9-10,17H,1-6,8,11-16,18H2. The average molecular weight is 316 g/mol. The second kappa shape index (κ2) is 9.29. The minimum Gasteiger partial charge on any atom is -0.494 e. The fourth-order valence-corrected chi connectivity index (χ4v) is 3.77. The normalized spacial score (nSPS) is 20.5. The second-order valence-corrected chi connectivity index (χ2v) is 7.09. The molecule has 0 spiro atoms. The van der Waals surface area contributed by atoms with Gasteiger partial charge in [-0.25, -0.2) is 0 Å². The molecule has 2 heterocycles. The predicted molar refractivity (Wildman–Crippen MR) is 96.0 cm³/mol. The Bertz CT molecular complexity index is 451. The Morgan fingerprint density at radius 3 is 2.26 bits per heavy atom. The number of nitrogens with zero attached hydrogens (tertiary/aromatic N) is 2. The summed E-state index contributed by atoms with van der Waals surface area (Å²) in [6.07, 6.45) is 9.40. The lowest BCUT2D eigenvalue weighted by molar-refractivity contribution is 0.204. The lowest BCUT2D eigenvalue weighted by Gasteiger charge is -2.26. The van der Waals surface area contributed by atoms with Crippen molar-refractivity contribution in [3.63, 3.8) is 0 Å². The molecule has 2 fully saturated rings. The van der Waals surface area contributed by atoms with Crippen LogP contribution >= 0.6 is 0 Å². The van der Waals surface area contributed by atoms with E-state index in [1.165, 1.54) is 76.8 Å². The van der Waals surface area contributed by atoms with E-state index < -0.39 is 0 Å². The topological polar surface area (TPSA) is 15.7 Å². The van der Waals surface area contributed by atoms with Crippen molar-refractivity contribution in [3.8, 4) is 5.75 Å². The molecule has 0 amide bonds. The molecule has 2 aliphatic heterocycles. The van der Waals surface area contributed by atoms with E-state index >= 15 is 0 Å². The smallest absolute Gasteiger partial charge is 0.119 e. The first-order valence-electron chi connectivity index (χ1n) is 9.57. The van der Waals surface area contributed by atoms with Crippen LogP contribution in [0.5, 0.6) is 5.75 Å². The molecule has 1 aromatic carbocycles. The first kappa shape index (κ1) is 16.8. The van der Waals surface area contributed by atoms with Gasteiger partial charge in [-0.05, 0) is 76.0 Å². The van der Waals surface area contributed by atoms with Crippen LogP contribution in [-0.2, 0) is 6.54 Å². The van der Waals surface area contributed by atoms with Gasteiger partial charge in [-0.2, -0.15) is 0 Å². The SMILES string of the molecule is c1cc(CN2CCCCC2)cc(OCCCN2CCCCC2)c1. The van der Waals surface area contributed by atoms with Crippen LogP contribution in [-0.4, -0.2) is 49.1 Å². The van der Waals surface area contributed by atoms with Crippen molar-refractivity contribution in [2.24, 2.45) is 0 Å². The zero-order chi connectivity index (χ0) is 15.7. The molecule has 3 rings (SSSR count). The molecule has 0 atom stereocenters. The van der Waals surface area contributed by atoms with Crippen molar-refractivity contribution < 1.29 is 4.74 Å². The Morgan fingerprint density at radius 2 is 1.52 bits per heavy atom. The highest BCUT2D eigenvalue weighted by molar-refractivity contribution is 5.28. The van der Waals surface area contributed by atoms with Gasteiger partial charge in [0.1, 0.15) is 5.75 Å². The number of hydrogen-bond donors (Lipinski definition) is 0. The van der Waals surface area contributed by atoms with Gasteiger partial charge < -0.3 is 9.64 Å². The van der Waals surface area contributed by atoms with Gasteiger partial charge in [-0.15, -0.1) is 0 Å². The summed E-state index contributed by atoms with van der Waals surface area (Å²) in [5.74, 6) is 1.04. The van der Waals surface area contributed by atoms with Crippen LogP contribution in [0.4, 0.5) is 0 Å². The van der Waals surface area contributed by atoms with E-state index in [2.05, 4.69) is 34.1 Å². The molecule has 23 heavy (non-hydrogen) atoms. The first-order valence-corrected chi connectivity index (χ1v) is 9.57. The van der Waals surface area contributed by atoms with Gasteiger partial charge >= 0.3 is 0 Å². The summed E-state index contributed by atoms with van der Waals surface area (Å²) >= 11 is 0. The zero-order valence-electron chi connectivity index (χ0n) is 14.5. The molecule has 0 unspecified atom stereocenters. The quantitative estimate of drug-likeness (QED) is 0.709. The second-order valence-electron chi connectivity index (χ2n) is 7.09. The van der Waals surface area contributed by atoms with Crippen molar-refractivity contribution in [2.75, 3.05) is 39.3 Å². The van der Waals surface area contributed by atoms with Crippen LogP contribution in [0.1, 0.15) is 50.5 Å². The van der Waals surface area contributed by atoms with Gasteiger partial charge in [-0.3, -0.25) is 4.90 Å². The van der Waals surface area contributed by atoms with Crippen LogP contribution in [0.2, 0.25) is 0 Å². The molecule has 0 bridgehead atoms. The van der Waals surface area contributed by atoms with Gasteiger partial charge in [0.15, 0.2) is 0 Å². The number of piperidine rings is 2. The summed E-state index contributed by atoms with van der Waals surface area (Å²) in [5.41, 5.74) is 1.39. The maximum atomic E-state index is 5.98. The van der Waals surface area contributed by atoms with Gasteiger partial charge in [-0.1, -0.05) is 25.0 Å². The van der Waals surface area contributed by atoms with E-state index in [1.807, 2.05) is 0 Å². The Labute approximate surface area is 141 Å². The number of benzene rings is 1. The third-order valence-corrected chi connectivity index (χ3v) is 5.09. The lowest BCUT2D eigenvalue weighted by atomic mass is 10.1. The van der Waals surface area contributed by atoms with Gasteiger partial charge in [0.2, 0.25) is 0 Å². The summed E-state index contributed by atoms with van der Waals surface area (Å²) in [6.45, 7) is 8.17. The van der Waals surface area contributed by atoms with Crippen LogP contribution in [0.25, 0.3) is 0 Å². The molecule has 0 radical (unpaired) electrons. The number of likely N-dealkylation sites (tertiary alicyclic amines) is 2. The largest absolute Gasteiger partial charge is 0.494 e. The molecule has 2 aliphatic rings. The van der Waals surface area contributed by atoms with Crippen LogP contribution in [0.15, 0.2) is 24.3 Å². The first-order chi connectivity index (χ1) is 11.4. The van der Waals surface area contributed by atoms with E-state index in [0.717, 1.165) is 25.3 Å². The molecule has 128 valence electrons. The zero-order valence-corrected chi connectivity index (χ0v) is 14.5. The molecule has 2 saturated heterocycles. The maximum absolute atomic E-state index is 5.98.